The maximum Gasteiger partial charge on any atom is 0.161 e. The fraction of sp³-hybridized carbons (Fsp3) is 0.412. The molecule has 0 aliphatic carbocycles. The number of aromatic nitrogens is 2. The topological polar surface area (TPSA) is 55.0 Å². The van der Waals surface area contributed by atoms with Crippen LogP contribution in [0.4, 0.5) is 10.2 Å². The maximum atomic E-state index is 13.1. The Morgan fingerprint density at radius 3 is 2.36 bits per heavy atom. The van der Waals surface area contributed by atoms with Gasteiger partial charge in [0.1, 0.15) is 11.6 Å². The van der Waals surface area contributed by atoms with Crippen LogP contribution in [0.1, 0.15) is 24.1 Å². The van der Waals surface area contributed by atoms with E-state index in [1.165, 1.54) is 12.1 Å². The van der Waals surface area contributed by atoms with Gasteiger partial charge in [0.05, 0.1) is 0 Å². The summed E-state index contributed by atoms with van der Waals surface area (Å²) in [6, 6.07) is 6.60. The van der Waals surface area contributed by atoms with Crippen molar-refractivity contribution >= 4 is 5.82 Å². The van der Waals surface area contributed by atoms with E-state index >= 15 is 0 Å². The molecule has 0 spiro atoms. The van der Waals surface area contributed by atoms with Crippen molar-refractivity contribution in [2.45, 2.75) is 32.7 Å². The molecular weight excluding hydrogens is 279 g/mol. The second-order valence-electron chi connectivity index (χ2n) is 5.91. The highest BCUT2D eigenvalue weighted by Crippen LogP contribution is 2.26. The SMILES string of the molecule is Cc1nc(-c2ccc(F)cc2)nc(N2CCC(N)CC2)c1C. The third-order valence-corrected chi connectivity index (χ3v) is 4.31. The number of aryl methyl sites for hydroxylation is 1. The molecule has 2 N–H and O–H groups in total. The second-order valence-corrected chi connectivity index (χ2v) is 5.91. The van der Waals surface area contributed by atoms with Crippen LogP contribution in [0.5, 0.6) is 0 Å². The van der Waals surface area contributed by atoms with Gasteiger partial charge in [-0.1, -0.05) is 0 Å². The highest BCUT2D eigenvalue weighted by atomic mass is 19.1. The second kappa shape index (κ2) is 6.01. The molecule has 3 rings (SSSR count). The van der Waals surface area contributed by atoms with Gasteiger partial charge in [0.2, 0.25) is 0 Å². The molecule has 1 aliphatic rings. The van der Waals surface area contributed by atoms with Crippen LogP contribution in [0.3, 0.4) is 0 Å². The molecular formula is C17H21FN4. The minimum absolute atomic E-state index is 0.252. The van der Waals surface area contributed by atoms with Gasteiger partial charge in [0, 0.05) is 36.0 Å². The maximum absolute atomic E-state index is 13.1. The largest absolute Gasteiger partial charge is 0.356 e. The standard InChI is InChI=1S/C17H21FN4/c1-11-12(2)20-16(13-3-5-14(18)6-4-13)21-17(11)22-9-7-15(19)8-10-22/h3-6,15H,7-10,19H2,1-2H3. The van der Waals surface area contributed by atoms with Crippen LogP contribution in [0.2, 0.25) is 0 Å². The summed E-state index contributed by atoms with van der Waals surface area (Å²) in [5, 5.41) is 0. The predicted octanol–water partition coefficient (Wildman–Crippen LogP) is 2.83. The van der Waals surface area contributed by atoms with E-state index in [1.54, 1.807) is 12.1 Å². The van der Waals surface area contributed by atoms with Crippen LogP contribution in [-0.4, -0.2) is 29.1 Å². The molecule has 0 bridgehead atoms. The van der Waals surface area contributed by atoms with Crippen molar-refractivity contribution in [1.82, 2.24) is 9.97 Å². The lowest BCUT2D eigenvalue weighted by Crippen LogP contribution is -2.40. The lowest BCUT2D eigenvalue weighted by molar-refractivity contribution is 0.498. The molecule has 2 heterocycles. The number of nitrogens with zero attached hydrogens (tertiary/aromatic N) is 3. The van der Waals surface area contributed by atoms with E-state index < -0.39 is 0 Å². The average molecular weight is 300 g/mol. The van der Waals surface area contributed by atoms with Crippen LogP contribution in [0.15, 0.2) is 24.3 Å². The fourth-order valence-corrected chi connectivity index (χ4v) is 2.76. The number of hydrogen-bond acceptors (Lipinski definition) is 4. The van der Waals surface area contributed by atoms with E-state index in [0.29, 0.717) is 5.82 Å². The zero-order chi connectivity index (χ0) is 15.7. The molecule has 22 heavy (non-hydrogen) atoms. The summed E-state index contributed by atoms with van der Waals surface area (Å²) in [5.41, 5.74) is 8.87. The molecule has 1 fully saturated rings. The molecule has 0 amide bonds. The van der Waals surface area contributed by atoms with E-state index in [-0.39, 0.29) is 11.9 Å². The Morgan fingerprint density at radius 1 is 1.09 bits per heavy atom. The molecule has 1 aliphatic heterocycles. The molecule has 2 aromatic rings. The Morgan fingerprint density at radius 2 is 1.73 bits per heavy atom. The number of hydrogen-bond donors (Lipinski definition) is 1. The molecule has 0 unspecified atom stereocenters. The van der Waals surface area contributed by atoms with Crippen molar-refractivity contribution in [2.24, 2.45) is 5.73 Å². The molecule has 116 valence electrons. The first-order valence-corrected chi connectivity index (χ1v) is 7.66. The zero-order valence-electron chi connectivity index (χ0n) is 13.0. The Labute approximate surface area is 130 Å². The summed E-state index contributed by atoms with van der Waals surface area (Å²) in [6.45, 7) is 5.87. The van der Waals surface area contributed by atoms with Gasteiger partial charge in [-0.3, -0.25) is 0 Å². The highest BCUT2D eigenvalue weighted by molar-refractivity contribution is 5.60. The van der Waals surface area contributed by atoms with E-state index in [9.17, 15) is 4.39 Å². The van der Waals surface area contributed by atoms with Crippen LogP contribution in [-0.2, 0) is 0 Å². The van der Waals surface area contributed by atoms with Crippen molar-refractivity contribution in [1.29, 1.82) is 0 Å². The number of anilines is 1. The summed E-state index contributed by atoms with van der Waals surface area (Å²) >= 11 is 0. The highest BCUT2D eigenvalue weighted by Gasteiger charge is 2.20. The lowest BCUT2D eigenvalue weighted by atomic mass is 10.1. The Kier molecular flexibility index (Phi) is 4.07. The van der Waals surface area contributed by atoms with Crippen LogP contribution in [0, 0.1) is 19.7 Å². The van der Waals surface area contributed by atoms with E-state index in [1.807, 2.05) is 13.8 Å². The van der Waals surface area contributed by atoms with Crippen molar-refractivity contribution in [3.05, 3.63) is 41.3 Å². The van der Waals surface area contributed by atoms with Gasteiger partial charge in [-0.25, -0.2) is 14.4 Å². The molecule has 1 saturated heterocycles. The smallest absolute Gasteiger partial charge is 0.161 e. The zero-order valence-corrected chi connectivity index (χ0v) is 13.0. The molecule has 0 atom stereocenters. The number of piperidine rings is 1. The van der Waals surface area contributed by atoms with Gasteiger partial charge < -0.3 is 10.6 Å². The number of benzene rings is 1. The van der Waals surface area contributed by atoms with Crippen LogP contribution in [0.25, 0.3) is 11.4 Å². The Balaban J connectivity index is 1.98. The fourth-order valence-electron chi connectivity index (χ4n) is 2.76. The third-order valence-electron chi connectivity index (χ3n) is 4.31. The van der Waals surface area contributed by atoms with Gasteiger partial charge in [-0.15, -0.1) is 0 Å². The normalized spacial score (nSPS) is 16.1. The van der Waals surface area contributed by atoms with Gasteiger partial charge in [-0.2, -0.15) is 0 Å². The van der Waals surface area contributed by atoms with Gasteiger partial charge in [0.25, 0.3) is 0 Å². The Bertz CT molecular complexity index is 661. The first kappa shape index (κ1) is 14.9. The molecule has 0 saturated carbocycles. The minimum atomic E-state index is -0.252. The van der Waals surface area contributed by atoms with Crippen molar-refractivity contribution in [3.8, 4) is 11.4 Å². The summed E-state index contributed by atoms with van der Waals surface area (Å²) in [4.78, 5) is 11.6. The van der Waals surface area contributed by atoms with Gasteiger partial charge in [-0.05, 0) is 51.0 Å². The van der Waals surface area contributed by atoms with E-state index in [2.05, 4.69) is 9.88 Å². The quantitative estimate of drug-likeness (QED) is 0.926. The molecule has 0 radical (unpaired) electrons. The summed E-state index contributed by atoms with van der Waals surface area (Å²) < 4.78 is 13.1. The van der Waals surface area contributed by atoms with E-state index in [4.69, 9.17) is 10.7 Å². The summed E-state index contributed by atoms with van der Waals surface area (Å²) in [6.07, 6.45) is 1.96. The monoisotopic (exact) mass is 300 g/mol. The van der Waals surface area contributed by atoms with Crippen molar-refractivity contribution < 1.29 is 4.39 Å². The van der Waals surface area contributed by atoms with Crippen molar-refractivity contribution in [3.63, 3.8) is 0 Å². The molecule has 4 nitrogen and oxygen atoms in total. The summed E-state index contributed by atoms with van der Waals surface area (Å²) in [7, 11) is 0. The third kappa shape index (κ3) is 2.95. The average Bonchev–Trinajstić information content (AvgIpc) is 2.52. The Hall–Kier alpha value is -2.01. The minimum Gasteiger partial charge on any atom is -0.356 e. The number of rotatable bonds is 2. The van der Waals surface area contributed by atoms with Gasteiger partial charge >= 0.3 is 0 Å². The number of nitrogens with two attached hydrogens (primary N) is 1. The summed E-state index contributed by atoms with van der Waals surface area (Å²) in [5.74, 6) is 1.37. The van der Waals surface area contributed by atoms with Gasteiger partial charge in [0.15, 0.2) is 5.82 Å². The molecule has 1 aromatic heterocycles. The molecule has 1 aromatic carbocycles. The first-order chi connectivity index (χ1) is 10.5. The molecule has 5 heteroatoms. The first-order valence-electron chi connectivity index (χ1n) is 7.66. The van der Waals surface area contributed by atoms with Crippen LogP contribution >= 0.6 is 0 Å². The number of halogens is 1. The lowest BCUT2D eigenvalue weighted by Gasteiger charge is -2.32. The van der Waals surface area contributed by atoms with Crippen molar-refractivity contribution in [2.75, 3.05) is 18.0 Å². The predicted molar refractivity (Wildman–Crippen MR) is 86.3 cm³/mol. The van der Waals surface area contributed by atoms with E-state index in [0.717, 1.165) is 48.6 Å². The van der Waals surface area contributed by atoms with Crippen LogP contribution < -0.4 is 10.6 Å².